The van der Waals surface area contributed by atoms with Crippen molar-refractivity contribution in [2.75, 3.05) is 39.8 Å². The molecule has 2 aromatic rings. The maximum absolute atomic E-state index is 6.13. The second-order valence-electron chi connectivity index (χ2n) is 8.37. The van der Waals surface area contributed by atoms with Crippen molar-refractivity contribution in [2.24, 2.45) is 4.99 Å². The van der Waals surface area contributed by atoms with E-state index >= 15 is 0 Å². The Morgan fingerprint density at radius 1 is 1.10 bits per heavy atom. The van der Waals surface area contributed by atoms with Gasteiger partial charge in [-0.05, 0) is 23.1 Å². The number of benzene rings is 2. The van der Waals surface area contributed by atoms with Crippen LogP contribution in [-0.4, -0.2) is 67.7 Å². The van der Waals surface area contributed by atoms with E-state index in [0.29, 0.717) is 12.0 Å². The molecule has 29 heavy (non-hydrogen) atoms. The molecule has 3 aliphatic rings. The first-order chi connectivity index (χ1) is 14.3. The molecule has 3 unspecified atom stereocenters. The van der Waals surface area contributed by atoms with Crippen LogP contribution in [0.1, 0.15) is 22.6 Å². The van der Waals surface area contributed by atoms with Gasteiger partial charge in [0.05, 0.1) is 18.8 Å². The lowest BCUT2D eigenvalue weighted by molar-refractivity contribution is -0.0502. The predicted octanol–water partition coefficient (Wildman–Crippen LogP) is 2.49. The van der Waals surface area contributed by atoms with E-state index in [9.17, 15) is 0 Å². The summed E-state index contributed by atoms with van der Waals surface area (Å²) in [5.41, 5.74) is 4.35. The number of rotatable bonds is 4. The van der Waals surface area contributed by atoms with Crippen LogP contribution in [0, 0.1) is 0 Å². The van der Waals surface area contributed by atoms with Crippen molar-refractivity contribution < 1.29 is 4.74 Å². The first-order valence-corrected chi connectivity index (χ1v) is 10.7. The van der Waals surface area contributed by atoms with Crippen LogP contribution in [0.5, 0.6) is 0 Å². The summed E-state index contributed by atoms with van der Waals surface area (Å²) < 4.78 is 6.13. The van der Waals surface area contributed by atoms with E-state index in [1.165, 1.54) is 23.1 Å². The monoisotopic (exact) mass is 390 g/mol. The predicted molar refractivity (Wildman–Crippen MR) is 116 cm³/mol. The van der Waals surface area contributed by atoms with E-state index in [1.54, 1.807) is 0 Å². The van der Waals surface area contributed by atoms with Crippen LogP contribution < -0.4 is 5.32 Å². The summed E-state index contributed by atoms with van der Waals surface area (Å²) >= 11 is 0. The Labute approximate surface area is 173 Å². The molecule has 0 spiro atoms. The fourth-order valence-corrected chi connectivity index (χ4v) is 5.04. The van der Waals surface area contributed by atoms with Crippen LogP contribution in [0.4, 0.5) is 0 Å². The van der Waals surface area contributed by atoms with Gasteiger partial charge >= 0.3 is 0 Å². The molecule has 0 amide bonds. The van der Waals surface area contributed by atoms with E-state index in [2.05, 4.69) is 74.7 Å². The first kappa shape index (κ1) is 18.6. The van der Waals surface area contributed by atoms with Gasteiger partial charge in [-0.3, -0.25) is 9.89 Å². The van der Waals surface area contributed by atoms with Crippen LogP contribution >= 0.6 is 0 Å². The Morgan fingerprint density at radius 2 is 1.93 bits per heavy atom. The molecule has 5 heteroatoms. The summed E-state index contributed by atoms with van der Waals surface area (Å²) in [5, 5.41) is 3.63. The summed E-state index contributed by atoms with van der Waals surface area (Å²) in [4.78, 5) is 9.54. The lowest BCUT2D eigenvalue weighted by Crippen LogP contribution is -2.50. The van der Waals surface area contributed by atoms with Gasteiger partial charge in [-0.1, -0.05) is 54.6 Å². The second-order valence-corrected chi connectivity index (χ2v) is 8.37. The molecule has 2 fully saturated rings. The van der Waals surface area contributed by atoms with Crippen LogP contribution in [0.15, 0.2) is 59.6 Å². The number of ether oxygens (including phenoxy) is 1. The van der Waals surface area contributed by atoms with Crippen molar-refractivity contribution in [2.45, 2.75) is 31.0 Å². The van der Waals surface area contributed by atoms with Gasteiger partial charge < -0.3 is 15.0 Å². The molecule has 2 saturated heterocycles. The number of aliphatic imine (C=N–C) groups is 1. The van der Waals surface area contributed by atoms with E-state index in [4.69, 9.17) is 4.74 Å². The van der Waals surface area contributed by atoms with Gasteiger partial charge in [0.2, 0.25) is 0 Å². The molecular formula is C24H30N4O. The summed E-state index contributed by atoms with van der Waals surface area (Å²) in [5.74, 6) is 1.60. The maximum atomic E-state index is 6.13. The molecule has 1 N–H and O–H groups in total. The van der Waals surface area contributed by atoms with E-state index in [1.807, 2.05) is 7.05 Å². The Hall–Kier alpha value is -2.37. The van der Waals surface area contributed by atoms with Crippen LogP contribution in [0.25, 0.3) is 0 Å². The lowest BCUT2D eigenvalue weighted by atomic mass is 9.78. The minimum Gasteiger partial charge on any atom is -0.373 e. The molecule has 0 saturated carbocycles. The summed E-state index contributed by atoms with van der Waals surface area (Å²) in [6, 6.07) is 20.0. The quantitative estimate of drug-likeness (QED) is 0.643. The number of guanidine groups is 1. The molecule has 2 heterocycles. The van der Waals surface area contributed by atoms with Gasteiger partial charge in [-0.15, -0.1) is 0 Å². The van der Waals surface area contributed by atoms with Gasteiger partial charge in [-0.25, -0.2) is 0 Å². The largest absolute Gasteiger partial charge is 0.373 e. The Balaban J connectivity index is 1.20. The van der Waals surface area contributed by atoms with Gasteiger partial charge in [-0.2, -0.15) is 0 Å². The van der Waals surface area contributed by atoms with Crippen molar-refractivity contribution >= 4 is 5.96 Å². The van der Waals surface area contributed by atoms with Gasteiger partial charge in [0, 0.05) is 45.7 Å². The van der Waals surface area contributed by atoms with E-state index in [0.717, 1.165) is 45.3 Å². The summed E-state index contributed by atoms with van der Waals surface area (Å²) in [6.07, 6.45) is 1.43. The third-order valence-electron chi connectivity index (χ3n) is 6.62. The van der Waals surface area contributed by atoms with Crippen molar-refractivity contribution in [3.8, 4) is 0 Å². The second kappa shape index (κ2) is 8.17. The van der Waals surface area contributed by atoms with Crippen molar-refractivity contribution in [1.82, 2.24) is 15.1 Å². The average molecular weight is 391 g/mol. The number of hydrogen-bond acceptors (Lipinski definition) is 3. The smallest absolute Gasteiger partial charge is 0.193 e. The first-order valence-electron chi connectivity index (χ1n) is 10.7. The van der Waals surface area contributed by atoms with Gasteiger partial charge in [0.25, 0.3) is 0 Å². The molecule has 0 aromatic heterocycles. The highest BCUT2D eigenvalue weighted by Gasteiger charge is 2.41. The third-order valence-corrected chi connectivity index (χ3v) is 6.62. The van der Waals surface area contributed by atoms with E-state index in [-0.39, 0.29) is 6.10 Å². The minimum absolute atomic E-state index is 0.260. The normalized spacial score (nSPS) is 26.6. The fraction of sp³-hybridized carbons (Fsp3) is 0.458. The summed E-state index contributed by atoms with van der Waals surface area (Å²) in [7, 11) is 1.89. The Bertz CT molecular complexity index is 868. The van der Waals surface area contributed by atoms with Crippen LogP contribution in [0.2, 0.25) is 0 Å². The molecule has 2 aliphatic heterocycles. The molecule has 152 valence electrons. The number of likely N-dealkylation sites (tertiary alicyclic amines) is 1. The minimum atomic E-state index is 0.260. The van der Waals surface area contributed by atoms with E-state index < -0.39 is 0 Å². The van der Waals surface area contributed by atoms with Gasteiger partial charge in [0.15, 0.2) is 5.96 Å². The molecule has 2 aromatic carbocycles. The number of nitrogens with zero attached hydrogens (tertiary/aromatic N) is 3. The topological polar surface area (TPSA) is 40.1 Å². The number of morpholine rings is 1. The standard InChI is InChI=1S/C24H30N4O/c1-25-24(26-14-20-13-19-9-5-6-10-21(19)20)28-16-22-23(17-28)29-12-11-27(22)15-18-7-3-2-4-8-18/h2-10,20,22-23H,11-17H2,1H3,(H,25,26). The van der Waals surface area contributed by atoms with Crippen molar-refractivity contribution in [1.29, 1.82) is 0 Å². The Kier molecular flexibility index (Phi) is 5.25. The molecule has 5 nitrogen and oxygen atoms in total. The SMILES string of the molecule is CN=C(NCC1Cc2ccccc21)N1CC2OCCN(Cc3ccccc3)C2C1. The Morgan fingerprint density at radius 3 is 2.76 bits per heavy atom. The van der Waals surface area contributed by atoms with Crippen molar-refractivity contribution in [3.05, 3.63) is 71.3 Å². The highest BCUT2D eigenvalue weighted by molar-refractivity contribution is 5.80. The van der Waals surface area contributed by atoms with Crippen molar-refractivity contribution in [3.63, 3.8) is 0 Å². The molecule has 0 bridgehead atoms. The van der Waals surface area contributed by atoms with Crippen LogP contribution in [-0.2, 0) is 17.7 Å². The third kappa shape index (κ3) is 3.77. The molecule has 1 aliphatic carbocycles. The summed E-state index contributed by atoms with van der Waals surface area (Å²) in [6.45, 7) is 5.63. The highest BCUT2D eigenvalue weighted by atomic mass is 16.5. The van der Waals surface area contributed by atoms with Crippen LogP contribution in [0.3, 0.4) is 0 Å². The molecular weight excluding hydrogens is 360 g/mol. The van der Waals surface area contributed by atoms with Gasteiger partial charge in [0.1, 0.15) is 0 Å². The maximum Gasteiger partial charge on any atom is 0.193 e. The number of hydrogen-bond donors (Lipinski definition) is 1. The molecule has 5 rings (SSSR count). The average Bonchev–Trinajstić information content (AvgIpc) is 3.17. The zero-order chi connectivity index (χ0) is 19.6. The zero-order valence-corrected chi connectivity index (χ0v) is 17.1. The lowest BCUT2D eigenvalue weighted by Gasteiger charge is -2.36. The highest BCUT2D eigenvalue weighted by Crippen LogP contribution is 2.34. The fourth-order valence-electron chi connectivity index (χ4n) is 5.04. The number of fused-ring (bicyclic) bond motifs is 2. The number of nitrogens with one attached hydrogen (secondary N) is 1. The molecule has 0 radical (unpaired) electrons. The molecule has 3 atom stereocenters. The zero-order valence-electron chi connectivity index (χ0n) is 17.1.